The molecule has 50 valence electrons. The molecule has 0 aliphatic heterocycles. The Kier molecular flexibility index (Phi) is 11.8. The van der Waals surface area contributed by atoms with Crippen LogP contribution < -0.4 is 0 Å². The number of rotatable bonds is 0. The fourth-order valence-corrected chi connectivity index (χ4v) is 0. The summed E-state index contributed by atoms with van der Waals surface area (Å²) in [6, 6.07) is 0. The van der Waals surface area contributed by atoms with Gasteiger partial charge in [0, 0.05) is 0 Å². The predicted octanol–water partition coefficient (Wildman–Crippen LogP) is 3.52. The first-order chi connectivity index (χ1) is 2.00. The Labute approximate surface area is 56.7 Å². The molecule has 0 amide bonds. The van der Waals surface area contributed by atoms with Crippen LogP contribution in [0.25, 0.3) is 12.3 Å². The van der Waals surface area contributed by atoms with Gasteiger partial charge in [0.05, 0.1) is 0 Å². The molecule has 0 bridgehead atoms. The first-order valence-corrected chi connectivity index (χ1v) is 11.1. The van der Waals surface area contributed by atoms with Gasteiger partial charge in [0.1, 0.15) is 0 Å². The van der Waals surface area contributed by atoms with Crippen molar-refractivity contribution in [3.63, 3.8) is 0 Å². The van der Waals surface area contributed by atoms with Crippen LogP contribution in [0.5, 0.6) is 0 Å². The average Bonchev–Trinajstić information content (AvgIpc) is 0.722. The third-order valence-corrected chi connectivity index (χ3v) is 0. The third-order valence-electron chi connectivity index (χ3n) is 0. The van der Waals surface area contributed by atoms with E-state index in [2.05, 4.69) is 0 Å². The monoisotopic (exact) mass is 343 g/mol. The van der Waals surface area contributed by atoms with Gasteiger partial charge in [-0.2, -0.15) is 0 Å². The second-order valence-corrected chi connectivity index (χ2v) is 15.6. The SMILES string of the molecule is [NH2-].[NH2-].[N]#[Os]([Cl])([Cl])[Cl]. The number of hydrogen-bond acceptors (Lipinski definition) is 1. The van der Waals surface area contributed by atoms with E-state index in [1.807, 2.05) is 0 Å². The molecule has 3 nitrogen and oxygen atoms in total. The van der Waals surface area contributed by atoms with Crippen molar-refractivity contribution in [2.75, 3.05) is 0 Å². The molecule has 0 saturated heterocycles. The second kappa shape index (κ2) is 5.28. The molecule has 7 heavy (non-hydrogen) atoms. The zero-order valence-corrected chi connectivity index (χ0v) is 7.90. The number of nitrogens with zero attached hydrogens (tertiary/aromatic N) is 1. The van der Waals surface area contributed by atoms with E-state index in [1.165, 1.54) is 0 Å². The topological polar surface area (TPSA) is 90.8 Å². The summed E-state index contributed by atoms with van der Waals surface area (Å²) in [5.41, 5.74) is 0. The van der Waals surface area contributed by atoms with Gasteiger partial charge in [-0.1, -0.05) is 0 Å². The molecular weight excluding hydrogens is 339 g/mol. The van der Waals surface area contributed by atoms with Crippen molar-refractivity contribution in [3.8, 4) is 0 Å². The summed E-state index contributed by atoms with van der Waals surface area (Å²) in [6.07, 6.45) is 0. The maximum atomic E-state index is 8.01. The molecule has 0 aliphatic rings. The minimum atomic E-state index is -3.64. The molecule has 0 heterocycles. The normalized spacial score (nSPS) is 10.6. The summed E-state index contributed by atoms with van der Waals surface area (Å²) in [6.45, 7) is 0. The van der Waals surface area contributed by atoms with Crippen molar-refractivity contribution < 1.29 is 11.7 Å². The van der Waals surface area contributed by atoms with Gasteiger partial charge in [-0.05, 0) is 0 Å². The van der Waals surface area contributed by atoms with Gasteiger partial charge in [-0.15, -0.1) is 0 Å². The van der Waals surface area contributed by atoms with Crippen LogP contribution in [0.2, 0.25) is 0 Å². The van der Waals surface area contributed by atoms with Gasteiger partial charge in [0.2, 0.25) is 0 Å². The molecule has 0 aromatic heterocycles. The molecule has 0 fully saturated rings. The predicted molar refractivity (Wildman–Crippen MR) is 29.9 cm³/mol. The van der Waals surface area contributed by atoms with E-state index in [0.29, 0.717) is 0 Å². The standard InChI is InChI=1S/3ClH.2H2N.N.Os/h3*1H;2*1H2;;/q;;;2*-1;;+3/p-3. The van der Waals surface area contributed by atoms with Crippen molar-refractivity contribution in [1.82, 2.24) is 0 Å². The van der Waals surface area contributed by atoms with Gasteiger partial charge in [0.15, 0.2) is 0 Å². The summed E-state index contributed by atoms with van der Waals surface area (Å²) in [7, 11) is 14.4. The Balaban J connectivity index is -0.0000000800. The van der Waals surface area contributed by atoms with Crippen molar-refractivity contribution in [1.29, 1.82) is 3.88 Å². The molecule has 0 aromatic rings. The van der Waals surface area contributed by atoms with Crippen molar-refractivity contribution in [2.24, 2.45) is 0 Å². The first-order valence-electron chi connectivity index (χ1n) is 0.559. The van der Waals surface area contributed by atoms with Gasteiger partial charge in [0.25, 0.3) is 0 Å². The molecule has 0 aromatic carbocycles. The number of halogens is 3. The van der Waals surface area contributed by atoms with Crippen LogP contribution in [0.1, 0.15) is 0 Å². The molecule has 0 radical (unpaired) electrons. The summed E-state index contributed by atoms with van der Waals surface area (Å²) in [4.78, 5) is 0. The van der Waals surface area contributed by atoms with E-state index >= 15 is 0 Å². The number of nitrogens with two attached hydrogens (primary N) is 2. The Morgan fingerprint density at radius 2 is 1.00 bits per heavy atom. The van der Waals surface area contributed by atoms with E-state index in [-0.39, 0.29) is 12.3 Å². The Bertz CT molecular complexity index is 89.3. The van der Waals surface area contributed by atoms with Gasteiger partial charge in [-0.25, -0.2) is 0 Å². The molecule has 0 rings (SSSR count). The quantitative estimate of drug-likeness (QED) is 0.662. The third kappa shape index (κ3) is 146. The van der Waals surface area contributed by atoms with Crippen LogP contribution in [0.3, 0.4) is 0 Å². The summed E-state index contributed by atoms with van der Waals surface area (Å²) >= 11 is -3.64. The van der Waals surface area contributed by atoms with Crippen LogP contribution in [0.15, 0.2) is 0 Å². The van der Waals surface area contributed by atoms with Gasteiger partial charge in [-0.3, -0.25) is 0 Å². The molecular formula is H4Cl3N3Os-2. The van der Waals surface area contributed by atoms with E-state index in [0.717, 1.165) is 0 Å². The molecule has 4 N–H and O–H groups in total. The second-order valence-electron chi connectivity index (χ2n) is 0.331. The first kappa shape index (κ1) is 15.7. The molecule has 0 aliphatic carbocycles. The molecule has 0 spiro atoms. The Morgan fingerprint density at radius 3 is 1.00 bits per heavy atom. The maximum absolute atomic E-state index is 8.01. The number of hydrogen-bond donors (Lipinski definition) is 0. The van der Waals surface area contributed by atoms with Crippen molar-refractivity contribution in [3.05, 3.63) is 12.3 Å². The molecule has 7 heteroatoms. The van der Waals surface area contributed by atoms with Gasteiger partial charge >= 0.3 is 44.5 Å². The molecule has 0 saturated carbocycles. The van der Waals surface area contributed by atoms with E-state index in [1.54, 1.807) is 0 Å². The molecule has 0 atom stereocenters. The zero-order chi connectivity index (χ0) is 4.50. The van der Waals surface area contributed by atoms with Crippen molar-refractivity contribution in [2.45, 2.75) is 0 Å². The summed E-state index contributed by atoms with van der Waals surface area (Å²) < 4.78 is 8.01. The van der Waals surface area contributed by atoms with Crippen LogP contribution in [0, 0.1) is 3.88 Å². The fourth-order valence-electron chi connectivity index (χ4n) is 0. The zero-order valence-electron chi connectivity index (χ0n) is 3.09. The van der Waals surface area contributed by atoms with Crippen LogP contribution >= 0.6 is 28.9 Å². The summed E-state index contributed by atoms with van der Waals surface area (Å²) in [5, 5.41) is 0. The van der Waals surface area contributed by atoms with Gasteiger partial charge < -0.3 is 12.3 Å². The Hall–Kier alpha value is 1.14. The van der Waals surface area contributed by atoms with Crippen LogP contribution in [-0.2, 0) is 11.7 Å². The van der Waals surface area contributed by atoms with E-state index in [9.17, 15) is 0 Å². The fraction of sp³-hybridized carbons (Fsp3) is 0. The van der Waals surface area contributed by atoms with Crippen LogP contribution in [0.4, 0.5) is 0 Å². The Morgan fingerprint density at radius 1 is 1.00 bits per heavy atom. The van der Waals surface area contributed by atoms with E-state index in [4.69, 9.17) is 32.8 Å². The van der Waals surface area contributed by atoms with Crippen LogP contribution in [-0.4, -0.2) is 0 Å². The average molecular weight is 343 g/mol. The van der Waals surface area contributed by atoms with Crippen molar-refractivity contribution >= 4 is 28.9 Å². The summed E-state index contributed by atoms with van der Waals surface area (Å²) in [5.74, 6) is 0. The minimum absolute atomic E-state index is 0. The molecule has 0 unspecified atom stereocenters. The van der Waals surface area contributed by atoms with E-state index < -0.39 is 11.7 Å².